The Morgan fingerprint density at radius 2 is 1.50 bits per heavy atom. The van der Waals surface area contributed by atoms with Crippen LogP contribution in [0.15, 0.2) is 0 Å². The van der Waals surface area contributed by atoms with Gasteiger partial charge in [-0.2, -0.15) is 0 Å². The van der Waals surface area contributed by atoms with E-state index in [1.54, 1.807) is 6.92 Å². The van der Waals surface area contributed by atoms with E-state index < -0.39 is 17.8 Å². The molecule has 1 fully saturated rings. The van der Waals surface area contributed by atoms with Gasteiger partial charge in [-0.15, -0.1) is 0 Å². The standard InChI is InChI=1S/C23H45NO4/c1-6-7-8-9-10-11-12-13-14-15-16-17-19-21(27-19)20(25)18(2)24-22(26)28-23(3,4)5/h18-21,25H,6-17H2,1-5H3,(H,24,26)/t18?,19-,20-,21-/m1/s1. The highest BCUT2D eigenvalue weighted by Gasteiger charge is 2.45. The molecule has 1 unspecified atom stereocenters. The number of epoxide rings is 1. The predicted molar refractivity (Wildman–Crippen MR) is 115 cm³/mol. The number of carbonyl (C=O) groups is 1. The molecule has 5 heteroatoms. The van der Waals surface area contributed by atoms with Gasteiger partial charge in [0.2, 0.25) is 0 Å². The van der Waals surface area contributed by atoms with Crippen LogP contribution < -0.4 is 5.32 Å². The van der Waals surface area contributed by atoms with Crippen LogP contribution in [0.25, 0.3) is 0 Å². The van der Waals surface area contributed by atoms with Crippen molar-refractivity contribution in [2.75, 3.05) is 0 Å². The maximum Gasteiger partial charge on any atom is 0.407 e. The fourth-order valence-corrected chi connectivity index (χ4v) is 3.56. The zero-order chi connectivity index (χ0) is 21.0. The number of rotatable bonds is 15. The van der Waals surface area contributed by atoms with E-state index in [2.05, 4.69) is 12.2 Å². The summed E-state index contributed by atoms with van der Waals surface area (Å²) in [7, 11) is 0. The van der Waals surface area contributed by atoms with Crippen molar-refractivity contribution in [1.29, 1.82) is 0 Å². The molecular formula is C23H45NO4. The van der Waals surface area contributed by atoms with E-state index in [0.29, 0.717) is 0 Å². The predicted octanol–water partition coefficient (Wildman–Crippen LogP) is 5.73. The van der Waals surface area contributed by atoms with Crippen LogP contribution in [0.4, 0.5) is 4.79 Å². The summed E-state index contributed by atoms with van der Waals surface area (Å²) in [4.78, 5) is 11.8. The van der Waals surface area contributed by atoms with Crippen LogP contribution in [0, 0.1) is 0 Å². The van der Waals surface area contributed by atoms with Crippen molar-refractivity contribution in [3.63, 3.8) is 0 Å². The van der Waals surface area contributed by atoms with Gasteiger partial charge in [-0.05, 0) is 34.1 Å². The summed E-state index contributed by atoms with van der Waals surface area (Å²) >= 11 is 0. The van der Waals surface area contributed by atoms with Crippen LogP contribution in [0.3, 0.4) is 0 Å². The number of ether oxygens (including phenoxy) is 2. The maximum absolute atomic E-state index is 11.8. The number of unbranched alkanes of at least 4 members (excludes halogenated alkanes) is 10. The Labute approximate surface area is 172 Å². The molecule has 5 nitrogen and oxygen atoms in total. The van der Waals surface area contributed by atoms with Crippen molar-refractivity contribution in [3.05, 3.63) is 0 Å². The second kappa shape index (κ2) is 13.4. The second-order valence-corrected chi connectivity index (χ2v) is 9.39. The largest absolute Gasteiger partial charge is 0.444 e. The van der Waals surface area contributed by atoms with Gasteiger partial charge in [0.15, 0.2) is 0 Å². The highest BCUT2D eigenvalue weighted by Crippen LogP contribution is 2.31. The summed E-state index contributed by atoms with van der Waals surface area (Å²) in [6.07, 6.45) is 14.5. The normalized spacial score (nSPS) is 21.2. The monoisotopic (exact) mass is 399 g/mol. The van der Waals surface area contributed by atoms with Crippen LogP contribution in [-0.2, 0) is 9.47 Å². The van der Waals surface area contributed by atoms with Crippen molar-refractivity contribution in [2.24, 2.45) is 0 Å². The van der Waals surface area contributed by atoms with Gasteiger partial charge in [0.1, 0.15) is 17.8 Å². The maximum atomic E-state index is 11.8. The minimum absolute atomic E-state index is 0.136. The van der Waals surface area contributed by atoms with Gasteiger partial charge < -0.3 is 19.9 Å². The zero-order valence-electron chi connectivity index (χ0n) is 19.0. The lowest BCUT2D eigenvalue weighted by Crippen LogP contribution is -2.46. The number of alkyl carbamates (subject to hydrolysis) is 1. The fourth-order valence-electron chi connectivity index (χ4n) is 3.56. The summed E-state index contributed by atoms with van der Waals surface area (Å²) < 4.78 is 10.9. The van der Waals surface area contributed by atoms with Crippen LogP contribution in [0.5, 0.6) is 0 Å². The van der Waals surface area contributed by atoms with E-state index >= 15 is 0 Å². The number of hydrogen-bond donors (Lipinski definition) is 2. The molecule has 166 valence electrons. The smallest absolute Gasteiger partial charge is 0.407 e. The third kappa shape index (κ3) is 11.9. The number of carbonyl (C=O) groups excluding carboxylic acids is 1. The van der Waals surface area contributed by atoms with Gasteiger partial charge in [0, 0.05) is 0 Å². The molecule has 4 atom stereocenters. The molecule has 0 saturated carbocycles. The van der Waals surface area contributed by atoms with Crippen molar-refractivity contribution < 1.29 is 19.4 Å². The first-order valence-electron chi connectivity index (χ1n) is 11.6. The van der Waals surface area contributed by atoms with Gasteiger partial charge in [-0.25, -0.2) is 4.79 Å². The first-order valence-corrected chi connectivity index (χ1v) is 11.6. The zero-order valence-corrected chi connectivity index (χ0v) is 19.0. The Morgan fingerprint density at radius 3 is 2.00 bits per heavy atom. The Kier molecular flexibility index (Phi) is 12.1. The molecule has 0 aromatic heterocycles. The van der Waals surface area contributed by atoms with Gasteiger partial charge in [-0.1, -0.05) is 77.6 Å². The minimum Gasteiger partial charge on any atom is -0.444 e. The van der Waals surface area contributed by atoms with Gasteiger partial charge in [0.05, 0.1) is 12.1 Å². The lowest BCUT2D eigenvalue weighted by atomic mass is 10.0. The molecule has 1 aliphatic rings. The molecule has 1 saturated heterocycles. The van der Waals surface area contributed by atoms with Gasteiger partial charge in [-0.3, -0.25) is 0 Å². The third-order valence-corrected chi connectivity index (χ3v) is 5.31. The van der Waals surface area contributed by atoms with Gasteiger partial charge >= 0.3 is 6.09 Å². The molecule has 1 rings (SSSR count). The molecule has 0 bridgehead atoms. The van der Waals surface area contributed by atoms with Crippen LogP contribution in [0.2, 0.25) is 0 Å². The fraction of sp³-hybridized carbons (Fsp3) is 0.957. The molecule has 1 heterocycles. The summed E-state index contributed by atoms with van der Waals surface area (Å²) in [5, 5.41) is 13.1. The van der Waals surface area contributed by atoms with E-state index in [4.69, 9.17) is 9.47 Å². The molecule has 0 spiro atoms. The van der Waals surface area contributed by atoms with Crippen molar-refractivity contribution in [1.82, 2.24) is 5.32 Å². The Bertz CT molecular complexity index is 421. The van der Waals surface area contributed by atoms with Crippen molar-refractivity contribution in [3.8, 4) is 0 Å². The molecule has 0 aromatic rings. The summed E-state index contributed by atoms with van der Waals surface area (Å²) in [6.45, 7) is 9.51. The lowest BCUT2D eigenvalue weighted by Gasteiger charge is -2.23. The Hall–Kier alpha value is -0.810. The number of amides is 1. The lowest BCUT2D eigenvalue weighted by molar-refractivity contribution is 0.0406. The minimum atomic E-state index is -0.690. The summed E-state index contributed by atoms with van der Waals surface area (Å²) in [5.41, 5.74) is -0.539. The van der Waals surface area contributed by atoms with Crippen molar-refractivity contribution in [2.45, 2.75) is 142 Å². The van der Waals surface area contributed by atoms with Crippen LogP contribution in [-0.4, -0.2) is 41.2 Å². The van der Waals surface area contributed by atoms with E-state index in [9.17, 15) is 9.90 Å². The SMILES string of the molecule is CCCCCCCCCCCCC[C@H]1O[C@H]1[C@H](O)C(C)NC(=O)OC(C)(C)C. The molecule has 0 aliphatic carbocycles. The number of hydrogen-bond acceptors (Lipinski definition) is 4. The van der Waals surface area contributed by atoms with E-state index in [1.165, 1.54) is 64.2 Å². The van der Waals surface area contributed by atoms with E-state index in [1.807, 2.05) is 20.8 Å². The van der Waals surface area contributed by atoms with Gasteiger partial charge in [0.25, 0.3) is 0 Å². The first kappa shape index (κ1) is 25.2. The third-order valence-electron chi connectivity index (χ3n) is 5.31. The van der Waals surface area contributed by atoms with Crippen molar-refractivity contribution >= 4 is 6.09 Å². The first-order chi connectivity index (χ1) is 13.2. The molecule has 28 heavy (non-hydrogen) atoms. The molecular weight excluding hydrogens is 354 g/mol. The second-order valence-electron chi connectivity index (χ2n) is 9.39. The highest BCUT2D eigenvalue weighted by molar-refractivity contribution is 5.68. The summed E-state index contributed by atoms with van der Waals surface area (Å²) in [5.74, 6) is 0. The topological polar surface area (TPSA) is 71.1 Å². The van der Waals surface area contributed by atoms with Crippen LogP contribution >= 0.6 is 0 Å². The molecule has 1 amide bonds. The highest BCUT2D eigenvalue weighted by atomic mass is 16.6. The molecule has 1 aliphatic heterocycles. The average molecular weight is 400 g/mol. The number of nitrogens with one attached hydrogen (secondary N) is 1. The number of aliphatic hydroxyl groups excluding tert-OH is 1. The molecule has 0 aromatic carbocycles. The average Bonchev–Trinajstić information content (AvgIpc) is 3.36. The van der Waals surface area contributed by atoms with Crippen LogP contribution in [0.1, 0.15) is 112 Å². The van der Waals surface area contributed by atoms with E-state index in [0.717, 1.165) is 12.8 Å². The number of aliphatic hydroxyl groups is 1. The Morgan fingerprint density at radius 1 is 1.00 bits per heavy atom. The molecule has 0 radical (unpaired) electrons. The quantitative estimate of drug-likeness (QED) is 0.272. The van der Waals surface area contributed by atoms with E-state index in [-0.39, 0.29) is 18.2 Å². The Balaban J connectivity index is 1.99. The molecule has 2 N–H and O–H groups in total. The summed E-state index contributed by atoms with van der Waals surface area (Å²) in [6, 6.07) is -0.387.